The molecule has 4 nitrogen and oxygen atoms in total. The summed E-state index contributed by atoms with van der Waals surface area (Å²) in [5.74, 6) is 2.46. The molecule has 0 aliphatic carbocycles. The molecule has 0 atom stereocenters. The number of benzene rings is 1. The van der Waals surface area contributed by atoms with Crippen molar-refractivity contribution in [2.75, 3.05) is 46.0 Å². The summed E-state index contributed by atoms with van der Waals surface area (Å²) in [5.41, 5.74) is 0. The van der Waals surface area contributed by atoms with Crippen molar-refractivity contribution in [1.29, 1.82) is 0 Å². The van der Waals surface area contributed by atoms with Gasteiger partial charge >= 0.3 is 0 Å². The zero-order chi connectivity index (χ0) is 17.2. The van der Waals surface area contributed by atoms with Crippen LogP contribution < -0.4 is 10.6 Å². The lowest BCUT2D eigenvalue weighted by molar-refractivity contribution is 0.220. The third kappa shape index (κ3) is 9.10. The van der Waals surface area contributed by atoms with Gasteiger partial charge in [-0.25, -0.2) is 4.39 Å². The molecule has 142 valence electrons. The smallest absolute Gasteiger partial charge is 0.190 e. The van der Waals surface area contributed by atoms with Gasteiger partial charge in [-0.1, -0.05) is 0 Å². The predicted molar refractivity (Wildman–Crippen MR) is 117 cm³/mol. The quantitative estimate of drug-likeness (QED) is 0.206. The minimum Gasteiger partial charge on any atom is -0.356 e. The molecule has 0 amide bonds. The van der Waals surface area contributed by atoms with Crippen LogP contribution in [0.1, 0.15) is 19.3 Å². The van der Waals surface area contributed by atoms with Gasteiger partial charge < -0.3 is 15.5 Å². The van der Waals surface area contributed by atoms with Crippen molar-refractivity contribution in [2.24, 2.45) is 10.9 Å². The van der Waals surface area contributed by atoms with Crippen LogP contribution >= 0.6 is 35.7 Å². The average molecular weight is 480 g/mol. The summed E-state index contributed by atoms with van der Waals surface area (Å²) in [4.78, 5) is 7.79. The molecule has 0 saturated carbocycles. The number of nitrogens with zero attached hydrogens (tertiary/aromatic N) is 2. The summed E-state index contributed by atoms with van der Waals surface area (Å²) in [6.45, 7) is 4.27. The van der Waals surface area contributed by atoms with E-state index in [1.807, 2.05) is 19.2 Å². The molecule has 2 N–H and O–H groups in total. The van der Waals surface area contributed by atoms with Gasteiger partial charge in [-0.05, 0) is 75.3 Å². The fraction of sp³-hybridized carbons (Fsp3) is 0.611. The maximum atomic E-state index is 12.8. The molecule has 2 rings (SSSR count). The van der Waals surface area contributed by atoms with Crippen molar-refractivity contribution in [3.05, 3.63) is 30.1 Å². The van der Waals surface area contributed by atoms with E-state index in [1.54, 1.807) is 11.8 Å². The van der Waals surface area contributed by atoms with Crippen LogP contribution in [0.3, 0.4) is 0 Å². The molecule has 0 radical (unpaired) electrons. The summed E-state index contributed by atoms with van der Waals surface area (Å²) in [7, 11) is 4.01. The number of guanidine groups is 1. The number of halogens is 2. The average Bonchev–Trinajstić information content (AvgIpc) is 2.60. The van der Waals surface area contributed by atoms with Crippen LogP contribution in [0.4, 0.5) is 4.39 Å². The van der Waals surface area contributed by atoms with Crippen molar-refractivity contribution in [1.82, 2.24) is 15.5 Å². The number of hydrogen-bond donors (Lipinski definition) is 2. The van der Waals surface area contributed by atoms with Crippen molar-refractivity contribution >= 4 is 41.7 Å². The van der Waals surface area contributed by atoms with Gasteiger partial charge in [0.25, 0.3) is 0 Å². The topological polar surface area (TPSA) is 39.7 Å². The molecule has 7 heteroatoms. The Hall–Kier alpha value is -0.540. The van der Waals surface area contributed by atoms with Crippen LogP contribution in [0.15, 0.2) is 34.2 Å². The molecule has 1 aromatic carbocycles. The molecule has 0 bridgehead atoms. The highest BCUT2D eigenvalue weighted by molar-refractivity contribution is 14.0. The summed E-state index contributed by atoms with van der Waals surface area (Å²) in [6.07, 6.45) is 3.56. The SMILES string of the molecule is CN=C(NCCCSc1ccc(F)cc1)NCC1CCN(C)CC1.I. The molecule has 0 unspecified atom stereocenters. The molecule has 1 aliphatic heterocycles. The third-order valence-electron chi connectivity index (χ3n) is 4.32. The molecule has 1 aliphatic rings. The van der Waals surface area contributed by atoms with E-state index in [4.69, 9.17) is 0 Å². The van der Waals surface area contributed by atoms with E-state index >= 15 is 0 Å². The second kappa shape index (κ2) is 12.8. The zero-order valence-corrected chi connectivity index (χ0v) is 18.3. The number of nitrogens with one attached hydrogen (secondary N) is 2. The molecule has 0 aromatic heterocycles. The van der Waals surface area contributed by atoms with Gasteiger partial charge in [-0.3, -0.25) is 4.99 Å². The number of thioether (sulfide) groups is 1. The minimum absolute atomic E-state index is 0. The Balaban J connectivity index is 0.00000312. The van der Waals surface area contributed by atoms with E-state index in [2.05, 4.69) is 27.6 Å². The maximum Gasteiger partial charge on any atom is 0.190 e. The number of hydrogen-bond acceptors (Lipinski definition) is 3. The molecule has 1 aromatic rings. The second-order valence-electron chi connectivity index (χ2n) is 6.28. The predicted octanol–water partition coefficient (Wildman–Crippen LogP) is 3.43. The van der Waals surface area contributed by atoms with Gasteiger partial charge in [0.15, 0.2) is 5.96 Å². The monoisotopic (exact) mass is 480 g/mol. The summed E-state index contributed by atoms with van der Waals surface area (Å²) in [6, 6.07) is 6.68. The summed E-state index contributed by atoms with van der Waals surface area (Å²) >= 11 is 1.75. The molecular formula is C18H30FIN4S. The fourth-order valence-electron chi connectivity index (χ4n) is 2.73. The second-order valence-corrected chi connectivity index (χ2v) is 7.45. The highest BCUT2D eigenvalue weighted by Gasteiger charge is 2.16. The van der Waals surface area contributed by atoms with Crippen LogP contribution in [-0.2, 0) is 0 Å². The fourth-order valence-corrected chi connectivity index (χ4v) is 3.58. The first kappa shape index (κ1) is 22.5. The van der Waals surface area contributed by atoms with Crippen molar-refractivity contribution in [3.8, 4) is 0 Å². The maximum absolute atomic E-state index is 12.8. The van der Waals surface area contributed by atoms with Gasteiger partial charge in [0.05, 0.1) is 0 Å². The summed E-state index contributed by atoms with van der Waals surface area (Å²) in [5, 5.41) is 6.81. The first-order chi connectivity index (χ1) is 11.7. The van der Waals surface area contributed by atoms with Gasteiger partial charge in [-0.2, -0.15) is 0 Å². The Morgan fingerprint density at radius 3 is 2.56 bits per heavy atom. The lowest BCUT2D eigenvalue weighted by atomic mass is 9.97. The first-order valence-electron chi connectivity index (χ1n) is 8.69. The van der Waals surface area contributed by atoms with Gasteiger partial charge in [0.2, 0.25) is 0 Å². The van der Waals surface area contributed by atoms with Crippen LogP contribution in [0.2, 0.25) is 0 Å². The first-order valence-corrected chi connectivity index (χ1v) is 9.67. The third-order valence-corrected chi connectivity index (χ3v) is 5.41. The molecule has 25 heavy (non-hydrogen) atoms. The number of rotatable bonds is 7. The van der Waals surface area contributed by atoms with E-state index in [0.29, 0.717) is 0 Å². The van der Waals surface area contributed by atoms with E-state index < -0.39 is 0 Å². The molecule has 1 fully saturated rings. The normalized spacial score (nSPS) is 16.4. The Kier molecular flexibility index (Phi) is 11.5. The van der Waals surface area contributed by atoms with E-state index in [9.17, 15) is 4.39 Å². The highest BCUT2D eigenvalue weighted by atomic mass is 127. The largest absolute Gasteiger partial charge is 0.356 e. The van der Waals surface area contributed by atoms with Crippen molar-refractivity contribution in [2.45, 2.75) is 24.2 Å². The van der Waals surface area contributed by atoms with Crippen LogP contribution in [0.25, 0.3) is 0 Å². The van der Waals surface area contributed by atoms with Crippen molar-refractivity contribution < 1.29 is 4.39 Å². The number of aliphatic imine (C=N–C) groups is 1. The molecule has 0 spiro atoms. The van der Waals surface area contributed by atoms with Crippen LogP contribution in [0.5, 0.6) is 0 Å². The van der Waals surface area contributed by atoms with Gasteiger partial charge in [-0.15, -0.1) is 35.7 Å². The standard InChI is InChI=1S/C18H29FN4S.HI/c1-20-18(22-14-15-8-11-23(2)12-9-15)21-10-3-13-24-17-6-4-16(19)5-7-17;/h4-7,15H,3,8-14H2,1-2H3,(H2,20,21,22);1H. The Bertz CT molecular complexity index is 504. The Morgan fingerprint density at radius 1 is 1.24 bits per heavy atom. The van der Waals surface area contributed by atoms with Crippen molar-refractivity contribution in [3.63, 3.8) is 0 Å². The van der Waals surface area contributed by atoms with Gasteiger partial charge in [0, 0.05) is 25.0 Å². The Morgan fingerprint density at radius 2 is 1.92 bits per heavy atom. The zero-order valence-electron chi connectivity index (χ0n) is 15.1. The van der Waals surface area contributed by atoms with E-state index in [-0.39, 0.29) is 29.8 Å². The Labute approximate surface area is 172 Å². The molecular weight excluding hydrogens is 450 g/mol. The highest BCUT2D eigenvalue weighted by Crippen LogP contribution is 2.18. The van der Waals surface area contributed by atoms with Crippen LogP contribution in [-0.4, -0.2) is 56.9 Å². The number of piperidine rings is 1. The van der Waals surface area contributed by atoms with E-state index in [1.165, 1.54) is 38.1 Å². The number of likely N-dealkylation sites (tertiary alicyclic amines) is 1. The van der Waals surface area contributed by atoms with Gasteiger partial charge in [0.1, 0.15) is 5.82 Å². The van der Waals surface area contributed by atoms with Crippen LogP contribution in [0, 0.1) is 11.7 Å². The molecule has 1 saturated heterocycles. The van der Waals surface area contributed by atoms with E-state index in [0.717, 1.165) is 42.0 Å². The molecule has 1 heterocycles. The lowest BCUT2D eigenvalue weighted by Gasteiger charge is -2.29. The minimum atomic E-state index is -0.180. The summed E-state index contributed by atoms with van der Waals surface area (Å²) < 4.78 is 12.8. The lowest BCUT2D eigenvalue weighted by Crippen LogP contribution is -2.42.